The highest BCUT2D eigenvalue weighted by molar-refractivity contribution is 6.06. The van der Waals surface area contributed by atoms with E-state index in [4.69, 9.17) is 9.84 Å². The van der Waals surface area contributed by atoms with Crippen LogP contribution in [0.1, 0.15) is 33.6 Å². The van der Waals surface area contributed by atoms with Crippen molar-refractivity contribution in [2.75, 3.05) is 13.7 Å². The van der Waals surface area contributed by atoms with Crippen molar-refractivity contribution in [1.29, 1.82) is 0 Å². The van der Waals surface area contributed by atoms with Crippen molar-refractivity contribution < 1.29 is 33.8 Å². The maximum absolute atomic E-state index is 12.7. The van der Waals surface area contributed by atoms with Crippen LogP contribution in [0.3, 0.4) is 0 Å². The Bertz CT molecular complexity index is 744. The van der Waals surface area contributed by atoms with E-state index >= 15 is 0 Å². The molecular formula is C16H16N2O7. The summed E-state index contributed by atoms with van der Waals surface area (Å²) >= 11 is 0. The smallest absolute Gasteiger partial charge is 0.341 e. The van der Waals surface area contributed by atoms with Crippen molar-refractivity contribution in [3.8, 4) is 5.75 Å². The maximum Gasteiger partial charge on any atom is 0.341 e. The van der Waals surface area contributed by atoms with Crippen molar-refractivity contribution in [1.82, 2.24) is 10.2 Å². The third-order valence-electron chi connectivity index (χ3n) is 3.74. The molecular weight excluding hydrogens is 332 g/mol. The lowest BCUT2D eigenvalue weighted by molar-refractivity contribution is -0.139. The molecule has 3 amide bonds. The first-order valence-corrected chi connectivity index (χ1v) is 7.38. The zero-order chi connectivity index (χ0) is 18.6. The minimum atomic E-state index is -1.19. The fraction of sp³-hybridized carbons (Fsp3) is 0.312. The number of carboxylic acid groups (broad SMARTS) is 1. The number of hydrogen-bond donors (Lipinski definition) is 2. The lowest BCUT2D eigenvalue weighted by Gasteiger charge is -2.30. The molecule has 1 saturated heterocycles. The number of amides is 3. The first-order chi connectivity index (χ1) is 11.8. The monoisotopic (exact) mass is 348 g/mol. The summed E-state index contributed by atoms with van der Waals surface area (Å²) < 4.78 is 5.01. The standard InChI is InChI=1S/C16H16N2O7/c1-18(12-4-5-13(20)17-15(12)23)16(24)11-6-10(25-8-14(21)22)3-2-9(11)7-19/h2-3,6-7,12H,4-5,8H2,1H3,(H,21,22)(H,17,20,23). The van der Waals surface area contributed by atoms with E-state index in [-0.39, 0.29) is 29.7 Å². The van der Waals surface area contributed by atoms with Crippen molar-refractivity contribution in [2.24, 2.45) is 0 Å². The number of nitrogens with zero attached hydrogens (tertiary/aromatic N) is 1. The molecule has 1 aromatic rings. The molecule has 0 aliphatic carbocycles. The number of benzene rings is 1. The first-order valence-electron chi connectivity index (χ1n) is 7.38. The van der Waals surface area contributed by atoms with Gasteiger partial charge in [0.15, 0.2) is 12.9 Å². The summed E-state index contributed by atoms with van der Waals surface area (Å²) in [6.45, 7) is -0.600. The molecule has 132 valence electrons. The summed E-state index contributed by atoms with van der Waals surface area (Å²) in [6, 6.07) is 3.11. The highest BCUT2D eigenvalue weighted by atomic mass is 16.5. The molecule has 2 N–H and O–H groups in total. The number of carbonyl (C=O) groups excluding carboxylic acids is 4. The predicted molar refractivity (Wildman–Crippen MR) is 83.2 cm³/mol. The molecule has 0 aromatic heterocycles. The Morgan fingerprint density at radius 3 is 2.72 bits per heavy atom. The number of nitrogens with one attached hydrogen (secondary N) is 1. The highest BCUT2D eigenvalue weighted by Gasteiger charge is 2.33. The molecule has 1 heterocycles. The van der Waals surface area contributed by atoms with Crippen molar-refractivity contribution in [3.63, 3.8) is 0 Å². The van der Waals surface area contributed by atoms with Gasteiger partial charge in [0.05, 0.1) is 5.56 Å². The van der Waals surface area contributed by atoms with Crippen molar-refractivity contribution in [3.05, 3.63) is 29.3 Å². The molecule has 25 heavy (non-hydrogen) atoms. The van der Waals surface area contributed by atoms with Gasteiger partial charge >= 0.3 is 5.97 Å². The number of piperidine rings is 1. The Balaban J connectivity index is 2.25. The Labute approximate surface area is 142 Å². The molecule has 1 aliphatic heterocycles. The number of carboxylic acids is 1. The van der Waals surface area contributed by atoms with Crippen LogP contribution in [0.15, 0.2) is 18.2 Å². The fourth-order valence-corrected chi connectivity index (χ4v) is 2.44. The van der Waals surface area contributed by atoms with Gasteiger partial charge in [0.1, 0.15) is 11.8 Å². The number of hydrogen-bond acceptors (Lipinski definition) is 6. The quantitative estimate of drug-likeness (QED) is 0.539. The SMILES string of the molecule is CN(C(=O)c1cc(OCC(=O)O)ccc1C=O)C1CCC(=O)NC1=O. The van der Waals surface area contributed by atoms with E-state index in [1.807, 2.05) is 0 Å². The summed E-state index contributed by atoms with van der Waals surface area (Å²) in [5.74, 6) is -2.68. The van der Waals surface area contributed by atoms with E-state index in [1.165, 1.54) is 25.2 Å². The number of carbonyl (C=O) groups is 5. The molecule has 2 rings (SSSR count). The van der Waals surface area contributed by atoms with E-state index in [0.717, 1.165) is 4.90 Å². The van der Waals surface area contributed by atoms with E-state index in [2.05, 4.69) is 5.32 Å². The van der Waals surface area contributed by atoms with Gasteiger partial charge in [0, 0.05) is 19.0 Å². The van der Waals surface area contributed by atoms with Gasteiger partial charge in [-0.3, -0.25) is 24.5 Å². The molecule has 0 saturated carbocycles. The topological polar surface area (TPSA) is 130 Å². The molecule has 1 aliphatic rings. The summed E-state index contributed by atoms with van der Waals surface area (Å²) in [6.07, 6.45) is 0.765. The molecule has 1 fully saturated rings. The molecule has 1 atom stereocenters. The van der Waals surface area contributed by atoms with Crippen molar-refractivity contribution in [2.45, 2.75) is 18.9 Å². The molecule has 9 nitrogen and oxygen atoms in total. The van der Waals surface area contributed by atoms with E-state index < -0.39 is 36.3 Å². The van der Waals surface area contributed by atoms with Gasteiger partial charge in [0.2, 0.25) is 11.8 Å². The van der Waals surface area contributed by atoms with Crippen LogP contribution in [0, 0.1) is 0 Å². The highest BCUT2D eigenvalue weighted by Crippen LogP contribution is 2.21. The predicted octanol–water partition coefficient (Wildman–Crippen LogP) is -0.160. The van der Waals surface area contributed by atoms with Crippen LogP contribution in [-0.2, 0) is 14.4 Å². The molecule has 1 unspecified atom stereocenters. The Morgan fingerprint density at radius 2 is 2.12 bits per heavy atom. The van der Waals surface area contributed by atoms with Crippen LogP contribution in [-0.4, -0.2) is 59.7 Å². The first kappa shape index (κ1) is 18.1. The number of ether oxygens (including phenoxy) is 1. The second-order valence-electron chi connectivity index (χ2n) is 5.43. The third-order valence-corrected chi connectivity index (χ3v) is 3.74. The number of aldehydes is 1. The number of likely N-dealkylation sites (N-methyl/N-ethyl adjacent to an activating group) is 1. The summed E-state index contributed by atoms with van der Waals surface area (Å²) in [5.41, 5.74) is 0.0527. The number of imide groups is 1. The average Bonchev–Trinajstić information content (AvgIpc) is 2.58. The van der Waals surface area contributed by atoms with Gasteiger partial charge in [-0.15, -0.1) is 0 Å². The molecule has 0 bridgehead atoms. The van der Waals surface area contributed by atoms with E-state index in [0.29, 0.717) is 6.29 Å². The second kappa shape index (κ2) is 7.56. The Hall–Kier alpha value is -3.23. The largest absolute Gasteiger partial charge is 0.482 e. The Kier molecular flexibility index (Phi) is 5.48. The second-order valence-corrected chi connectivity index (χ2v) is 5.43. The van der Waals surface area contributed by atoms with Crippen molar-refractivity contribution >= 4 is 30.0 Å². The van der Waals surface area contributed by atoms with Gasteiger partial charge in [-0.2, -0.15) is 0 Å². The van der Waals surface area contributed by atoms with Gasteiger partial charge in [-0.25, -0.2) is 4.79 Å². The van der Waals surface area contributed by atoms with Gasteiger partial charge in [-0.1, -0.05) is 0 Å². The molecule has 0 spiro atoms. The van der Waals surface area contributed by atoms with E-state index in [1.54, 1.807) is 0 Å². The molecule has 0 radical (unpaired) electrons. The summed E-state index contributed by atoms with van der Waals surface area (Å²) in [5, 5.41) is 10.8. The van der Waals surface area contributed by atoms with Gasteiger partial charge in [-0.05, 0) is 24.6 Å². The van der Waals surface area contributed by atoms with E-state index in [9.17, 15) is 24.0 Å². The number of aliphatic carboxylic acids is 1. The van der Waals surface area contributed by atoms with Gasteiger partial charge in [0.25, 0.3) is 5.91 Å². The fourth-order valence-electron chi connectivity index (χ4n) is 2.44. The third kappa shape index (κ3) is 4.19. The minimum Gasteiger partial charge on any atom is -0.482 e. The lowest BCUT2D eigenvalue weighted by atomic mass is 10.0. The normalized spacial score (nSPS) is 16.8. The lowest BCUT2D eigenvalue weighted by Crippen LogP contribution is -2.53. The maximum atomic E-state index is 12.7. The zero-order valence-corrected chi connectivity index (χ0v) is 13.4. The van der Waals surface area contributed by atoms with Crippen LogP contribution in [0.5, 0.6) is 5.75 Å². The summed E-state index contributed by atoms with van der Waals surface area (Å²) in [4.78, 5) is 58.7. The van der Waals surface area contributed by atoms with Gasteiger partial charge < -0.3 is 14.7 Å². The average molecular weight is 348 g/mol. The molecule has 1 aromatic carbocycles. The molecule has 9 heteroatoms. The van der Waals surface area contributed by atoms with Crippen LogP contribution in [0.4, 0.5) is 0 Å². The van der Waals surface area contributed by atoms with Crippen LogP contribution in [0.2, 0.25) is 0 Å². The van der Waals surface area contributed by atoms with Crippen LogP contribution < -0.4 is 10.1 Å². The van der Waals surface area contributed by atoms with Crippen LogP contribution >= 0.6 is 0 Å². The van der Waals surface area contributed by atoms with Crippen LogP contribution in [0.25, 0.3) is 0 Å². The Morgan fingerprint density at radius 1 is 1.40 bits per heavy atom. The summed E-state index contributed by atoms with van der Waals surface area (Å²) in [7, 11) is 1.39. The minimum absolute atomic E-state index is 0.0231. The zero-order valence-electron chi connectivity index (χ0n) is 13.4. The number of rotatable bonds is 6.